The van der Waals surface area contributed by atoms with Gasteiger partial charge in [0.25, 0.3) is 0 Å². The summed E-state index contributed by atoms with van der Waals surface area (Å²) >= 11 is 8.34. The van der Waals surface area contributed by atoms with E-state index >= 15 is 0 Å². The Morgan fingerprint density at radius 2 is 2.29 bits per heavy atom. The zero-order chi connectivity index (χ0) is 12.6. The molecule has 0 saturated carbocycles. The summed E-state index contributed by atoms with van der Waals surface area (Å²) in [5, 5.41) is 9.76. The van der Waals surface area contributed by atoms with Gasteiger partial charge in [0.05, 0.1) is 17.0 Å². The van der Waals surface area contributed by atoms with Crippen molar-refractivity contribution >= 4 is 40.0 Å². The molecule has 3 nitrogen and oxygen atoms in total. The van der Waals surface area contributed by atoms with Gasteiger partial charge >= 0.3 is 0 Å². The molecule has 0 unspecified atom stereocenters. The predicted molar refractivity (Wildman–Crippen MR) is 74.4 cm³/mol. The highest BCUT2D eigenvalue weighted by Crippen LogP contribution is 2.38. The summed E-state index contributed by atoms with van der Waals surface area (Å²) in [4.78, 5) is 6.28. The number of aliphatic hydroxyl groups is 1. The van der Waals surface area contributed by atoms with Crippen LogP contribution in [0.2, 0.25) is 5.02 Å². The second-order valence-corrected chi connectivity index (χ2v) is 6.07. The molecule has 6 heteroatoms. The summed E-state index contributed by atoms with van der Waals surface area (Å²) in [7, 11) is 0. The minimum atomic E-state index is -0.625. The normalized spacial score (nSPS) is 18.1. The van der Waals surface area contributed by atoms with Crippen molar-refractivity contribution in [2.45, 2.75) is 6.92 Å². The first-order valence-corrected chi connectivity index (χ1v) is 6.71. The maximum Gasteiger partial charge on any atom is 0.148 e. The van der Waals surface area contributed by atoms with Crippen LogP contribution in [0.3, 0.4) is 0 Å². The summed E-state index contributed by atoms with van der Waals surface area (Å²) in [5.74, 6) is 0.689. The molecule has 0 atom stereocenters. The molecule has 1 N–H and O–H groups in total. The standard InChI is InChI=1S/C11H13ClFIN2O/c1-7-2-8(14)9(12)10(15-7)16-4-11(3-13,5-16)6-17/h2,17H,3-6H2,1H3. The number of halogens is 3. The Morgan fingerprint density at radius 3 is 2.82 bits per heavy atom. The van der Waals surface area contributed by atoms with Gasteiger partial charge in [0.15, 0.2) is 0 Å². The third kappa shape index (κ3) is 2.37. The van der Waals surface area contributed by atoms with Crippen molar-refractivity contribution in [1.29, 1.82) is 0 Å². The fourth-order valence-electron chi connectivity index (χ4n) is 1.95. The van der Waals surface area contributed by atoms with Crippen molar-refractivity contribution in [2.75, 3.05) is 31.3 Å². The lowest BCUT2D eigenvalue weighted by Crippen LogP contribution is -2.60. The highest BCUT2D eigenvalue weighted by atomic mass is 127. The smallest absolute Gasteiger partial charge is 0.148 e. The number of nitrogens with zero attached hydrogens (tertiary/aromatic N) is 2. The van der Waals surface area contributed by atoms with Crippen LogP contribution in [0.4, 0.5) is 10.2 Å². The monoisotopic (exact) mass is 370 g/mol. The molecule has 2 heterocycles. The molecule has 1 aliphatic rings. The lowest BCUT2D eigenvalue weighted by molar-refractivity contribution is 0.0645. The number of rotatable bonds is 3. The first-order valence-electron chi connectivity index (χ1n) is 5.26. The van der Waals surface area contributed by atoms with Crippen LogP contribution in [0.1, 0.15) is 5.69 Å². The lowest BCUT2D eigenvalue weighted by atomic mass is 9.82. The summed E-state index contributed by atoms with van der Waals surface area (Å²) in [6, 6.07) is 1.90. The van der Waals surface area contributed by atoms with E-state index in [0.29, 0.717) is 23.9 Å². The number of aliphatic hydroxyl groups excluding tert-OH is 1. The van der Waals surface area contributed by atoms with Gasteiger partial charge in [-0.25, -0.2) is 4.98 Å². The molecule has 1 saturated heterocycles. The third-order valence-electron chi connectivity index (χ3n) is 2.99. The number of alkyl halides is 1. The van der Waals surface area contributed by atoms with E-state index < -0.39 is 12.1 Å². The zero-order valence-electron chi connectivity index (χ0n) is 9.38. The highest BCUT2D eigenvalue weighted by molar-refractivity contribution is 14.1. The van der Waals surface area contributed by atoms with E-state index in [1.165, 1.54) is 0 Å². The summed E-state index contributed by atoms with van der Waals surface area (Å²) in [5.41, 5.74) is 0.260. The Bertz CT molecular complexity index is 432. The van der Waals surface area contributed by atoms with Crippen molar-refractivity contribution in [2.24, 2.45) is 5.41 Å². The molecule has 0 amide bonds. The average molecular weight is 371 g/mol. The van der Waals surface area contributed by atoms with Gasteiger partial charge in [0.1, 0.15) is 12.5 Å². The minimum absolute atomic E-state index is 0.138. The van der Waals surface area contributed by atoms with E-state index in [2.05, 4.69) is 27.6 Å². The van der Waals surface area contributed by atoms with Crippen LogP contribution in [0.5, 0.6) is 0 Å². The van der Waals surface area contributed by atoms with Gasteiger partial charge in [-0.2, -0.15) is 0 Å². The Hall–Kier alpha value is -0.140. The maximum atomic E-state index is 12.8. The first kappa shape index (κ1) is 13.3. The maximum absolute atomic E-state index is 12.8. The second-order valence-electron chi connectivity index (χ2n) is 4.53. The third-order valence-corrected chi connectivity index (χ3v) is 4.54. The van der Waals surface area contributed by atoms with Crippen LogP contribution in [0, 0.1) is 15.9 Å². The van der Waals surface area contributed by atoms with Crippen LogP contribution >= 0.6 is 34.2 Å². The fourth-order valence-corrected chi connectivity index (χ4v) is 2.86. The molecular formula is C11H13ClFIN2O. The first-order chi connectivity index (χ1) is 8.01. The van der Waals surface area contributed by atoms with Crippen molar-refractivity contribution in [3.63, 3.8) is 0 Å². The highest BCUT2D eigenvalue weighted by Gasteiger charge is 2.44. The Kier molecular flexibility index (Phi) is 3.80. The molecule has 0 bridgehead atoms. The summed E-state index contributed by atoms with van der Waals surface area (Å²) in [6.45, 7) is 2.18. The van der Waals surface area contributed by atoms with E-state index in [0.717, 1.165) is 9.26 Å². The van der Waals surface area contributed by atoms with Crippen LogP contribution in [0.15, 0.2) is 6.07 Å². The van der Waals surface area contributed by atoms with Crippen molar-refractivity contribution in [3.8, 4) is 0 Å². The Morgan fingerprint density at radius 1 is 1.65 bits per heavy atom. The molecular weight excluding hydrogens is 357 g/mol. The fraction of sp³-hybridized carbons (Fsp3) is 0.545. The van der Waals surface area contributed by atoms with Gasteiger partial charge in [-0.3, -0.25) is 4.39 Å². The quantitative estimate of drug-likeness (QED) is 0.830. The van der Waals surface area contributed by atoms with Gasteiger partial charge in [0, 0.05) is 22.4 Å². The molecule has 0 aliphatic carbocycles. The number of aromatic nitrogens is 1. The predicted octanol–water partition coefficient (Wildman–Crippen LogP) is 2.42. The molecule has 1 aromatic rings. The van der Waals surface area contributed by atoms with Crippen LogP contribution in [-0.4, -0.2) is 36.5 Å². The molecule has 17 heavy (non-hydrogen) atoms. The van der Waals surface area contributed by atoms with Crippen LogP contribution in [0.25, 0.3) is 0 Å². The summed E-state index contributed by atoms with van der Waals surface area (Å²) < 4.78 is 13.7. The van der Waals surface area contributed by atoms with Crippen molar-refractivity contribution < 1.29 is 9.50 Å². The molecule has 94 valence electrons. The number of aryl methyl sites for hydroxylation is 1. The van der Waals surface area contributed by atoms with E-state index in [-0.39, 0.29) is 6.61 Å². The SMILES string of the molecule is Cc1cc(I)c(Cl)c(N2CC(CO)(CF)C2)n1. The van der Waals surface area contributed by atoms with Gasteiger partial charge in [-0.15, -0.1) is 0 Å². The van der Waals surface area contributed by atoms with E-state index in [9.17, 15) is 4.39 Å². The largest absolute Gasteiger partial charge is 0.396 e. The molecule has 1 fully saturated rings. The van der Waals surface area contributed by atoms with Gasteiger partial charge in [-0.05, 0) is 35.6 Å². The average Bonchev–Trinajstić information content (AvgIpc) is 2.24. The minimum Gasteiger partial charge on any atom is -0.396 e. The van der Waals surface area contributed by atoms with Crippen LogP contribution in [-0.2, 0) is 0 Å². The second kappa shape index (κ2) is 4.85. The molecule has 1 aromatic heterocycles. The van der Waals surface area contributed by atoms with Crippen molar-refractivity contribution in [3.05, 3.63) is 20.4 Å². The number of pyridine rings is 1. The lowest BCUT2D eigenvalue weighted by Gasteiger charge is -2.48. The van der Waals surface area contributed by atoms with Gasteiger partial charge in [-0.1, -0.05) is 11.6 Å². The van der Waals surface area contributed by atoms with Gasteiger partial charge in [0.2, 0.25) is 0 Å². The zero-order valence-corrected chi connectivity index (χ0v) is 12.3. The van der Waals surface area contributed by atoms with Crippen molar-refractivity contribution in [1.82, 2.24) is 4.98 Å². The Labute approximate surface area is 118 Å². The van der Waals surface area contributed by atoms with E-state index in [4.69, 9.17) is 16.7 Å². The van der Waals surface area contributed by atoms with E-state index in [1.807, 2.05) is 17.9 Å². The number of hydrogen-bond donors (Lipinski definition) is 1. The Balaban J connectivity index is 2.22. The molecule has 1 aliphatic heterocycles. The van der Waals surface area contributed by atoms with Crippen LogP contribution < -0.4 is 4.90 Å². The summed E-state index contributed by atoms with van der Waals surface area (Å²) in [6.07, 6.45) is 0. The van der Waals surface area contributed by atoms with Gasteiger partial charge < -0.3 is 10.0 Å². The topological polar surface area (TPSA) is 36.4 Å². The molecule has 0 aromatic carbocycles. The molecule has 0 spiro atoms. The molecule has 0 radical (unpaired) electrons. The molecule has 2 rings (SSSR count). The number of anilines is 1. The number of hydrogen-bond acceptors (Lipinski definition) is 3. The van der Waals surface area contributed by atoms with E-state index in [1.54, 1.807) is 0 Å².